The number of nitrogens with zero attached hydrogens (tertiary/aromatic N) is 4. The number of imidazole rings is 1. The molecule has 0 atom stereocenters. The first-order valence-electron chi connectivity index (χ1n) is 8.85. The van der Waals surface area contributed by atoms with Crippen molar-refractivity contribution in [1.29, 1.82) is 0 Å². The molecular formula is C21H20N4O2S. The Balaban J connectivity index is 1.49. The summed E-state index contributed by atoms with van der Waals surface area (Å²) in [4.78, 5) is 8.97. The molecule has 28 heavy (non-hydrogen) atoms. The van der Waals surface area contributed by atoms with Gasteiger partial charge in [-0.3, -0.25) is 4.57 Å². The number of benzene rings is 2. The third kappa shape index (κ3) is 3.80. The quantitative estimate of drug-likeness (QED) is 0.438. The minimum atomic E-state index is 0.547. The number of hydrogen-bond acceptors (Lipinski definition) is 6. The molecule has 0 saturated carbocycles. The van der Waals surface area contributed by atoms with Crippen LogP contribution in [0.15, 0.2) is 64.5 Å². The smallest absolute Gasteiger partial charge is 0.237 e. The van der Waals surface area contributed by atoms with Gasteiger partial charge in [0.05, 0.1) is 18.6 Å². The molecule has 142 valence electrons. The lowest BCUT2D eigenvalue weighted by molar-refractivity contribution is 0.391. The molecule has 0 aliphatic rings. The number of rotatable bonds is 6. The van der Waals surface area contributed by atoms with Crippen molar-refractivity contribution in [2.24, 2.45) is 0 Å². The molecule has 0 N–H and O–H groups in total. The molecule has 2 aromatic heterocycles. The van der Waals surface area contributed by atoms with Crippen LogP contribution in [0.25, 0.3) is 17.1 Å². The zero-order valence-corrected chi connectivity index (χ0v) is 16.7. The molecule has 6 nitrogen and oxygen atoms in total. The van der Waals surface area contributed by atoms with Crippen LogP contribution in [-0.2, 0) is 5.75 Å². The molecule has 0 bridgehead atoms. The molecule has 4 aromatic rings. The van der Waals surface area contributed by atoms with Gasteiger partial charge >= 0.3 is 0 Å². The Morgan fingerprint density at radius 3 is 2.68 bits per heavy atom. The summed E-state index contributed by atoms with van der Waals surface area (Å²) in [6, 6.07) is 14.0. The summed E-state index contributed by atoms with van der Waals surface area (Å²) in [5.41, 5.74) is 4.46. The second-order valence-electron chi connectivity index (χ2n) is 6.40. The van der Waals surface area contributed by atoms with Gasteiger partial charge in [-0.2, -0.15) is 4.98 Å². The molecule has 0 saturated heterocycles. The van der Waals surface area contributed by atoms with Crippen LogP contribution in [0.2, 0.25) is 0 Å². The van der Waals surface area contributed by atoms with Crippen LogP contribution in [-0.4, -0.2) is 26.8 Å². The molecule has 2 heterocycles. The maximum atomic E-state index is 5.41. The highest BCUT2D eigenvalue weighted by atomic mass is 32.2. The molecular weight excluding hydrogens is 372 g/mol. The number of aromatic nitrogens is 4. The van der Waals surface area contributed by atoms with Gasteiger partial charge in [0.1, 0.15) is 5.75 Å². The highest BCUT2D eigenvalue weighted by Gasteiger charge is 2.13. The van der Waals surface area contributed by atoms with Crippen LogP contribution in [0, 0.1) is 13.8 Å². The summed E-state index contributed by atoms with van der Waals surface area (Å²) in [5.74, 6) is 2.47. The highest BCUT2D eigenvalue weighted by Crippen LogP contribution is 2.27. The molecule has 7 heteroatoms. The minimum Gasteiger partial charge on any atom is -0.497 e. The van der Waals surface area contributed by atoms with E-state index in [1.165, 1.54) is 11.1 Å². The molecule has 2 aromatic carbocycles. The summed E-state index contributed by atoms with van der Waals surface area (Å²) in [6.07, 6.45) is 3.77. The maximum absolute atomic E-state index is 5.41. The van der Waals surface area contributed by atoms with Gasteiger partial charge in [0.15, 0.2) is 5.16 Å². The van der Waals surface area contributed by atoms with Crippen molar-refractivity contribution in [2.75, 3.05) is 7.11 Å². The Labute approximate surface area is 167 Å². The Morgan fingerprint density at radius 2 is 1.93 bits per heavy atom. The van der Waals surface area contributed by atoms with Crippen LogP contribution >= 0.6 is 11.8 Å². The molecule has 0 unspecified atom stereocenters. The van der Waals surface area contributed by atoms with E-state index in [0.29, 0.717) is 17.5 Å². The average Bonchev–Trinajstić information content (AvgIpc) is 3.36. The van der Waals surface area contributed by atoms with E-state index >= 15 is 0 Å². The van der Waals surface area contributed by atoms with Crippen molar-refractivity contribution in [3.8, 4) is 22.8 Å². The van der Waals surface area contributed by atoms with Crippen molar-refractivity contribution >= 4 is 11.8 Å². The van der Waals surface area contributed by atoms with Crippen molar-refractivity contribution in [3.05, 3.63) is 71.9 Å². The first-order valence-corrected chi connectivity index (χ1v) is 9.83. The number of methoxy groups -OCH3 is 1. The van der Waals surface area contributed by atoms with Gasteiger partial charge in [0, 0.05) is 18.0 Å². The Kier molecular flexibility index (Phi) is 5.16. The van der Waals surface area contributed by atoms with Crippen LogP contribution in [0.3, 0.4) is 0 Å². The van der Waals surface area contributed by atoms with Crippen LogP contribution in [0.1, 0.15) is 17.0 Å². The van der Waals surface area contributed by atoms with Gasteiger partial charge < -0.3 is 9.26 Å². The average molecular weight is 392 g/mol. The molecule has 0 fully saturated rings. The van der Waals surface area contributed by atoms with E-state index in [2.05, 4.69) is 51.7 Å². The maximum Gasteiger partial charge on any atom is 0.237 e. The van der Waals surface area contributed by atoms with Gasteiger partial charge in [-0.05, 0) is 49.7 Å². The lowest BCUT2D eigenvalue weighted by Gasteiger charge is -2.10. The van der Waals surface area contributed by atoms with Crippen molar-refractivity contribution in [3.63, 3.8) is 0 Å². The predicted octanol–water partition coefficient (Wildman–Crippen LogP) is 4.84. The molecule has 4 rings (SSSR count). The number of ether oxygens (including phenoxy) is 1. The molecule has 0 aliphatic carbocycles. The van der Waals surface area contributed by atoms with Crippen LogP contribution in [0.4, 0.5) is 0 Å². The van der Waals surface area contributed by atoms with Gasteiger partial charge in [-0.1, -0.05) is 34.6 Å². The molecule has 0 radical (unpaired) electrons. The number of thioether (sulfide) groups is 1. The van der Waals surface area contributed by atoms with Gasteiger partial charge in [0.25, 0.3) is 0 Å². The third-order valence-corrected chi connectivity index (χ3v) is 5.31. The number of hydrogen-bond donors (Lipinski definition) is 0. The SMILES string of the molecule is COc1ccc(-c2noc(CSc3nccn3-c3ccc(C)cc3C)n2)cc1. The minimum absolute atomic E-state index is 0.547. The zero-order chi connectivity index (χ0) is 19.5. The molecule has 0 amide bonds. The lowest BCUT2D eigenvalue weighted by Crippen LogP contribution is -1.98. The van der Waals surface area contributed by atoms with Crippen molar-refractivity contribution < 1.29 is 9.26 Å². The first kappa shape index (κ1) is 18.3. The van der Waals surface area contributed by atoms with Crippen molar-refractivity contribution in [2.45, 2.75) is 24.8 Å². The van der Waals surface area contributed by atoms with E-state index in [1.807, 2.05) is 30.5 Å². The summed E-state index contributed by atoms with van der Waals surface area (Å²) >= 11 is 1.56. The Morgan fingerprint density at radius 1 is 1.11 bits per heavy atom. The summed E-state index contributed by atoms with van der Waals surface area (Å²) in [5, 5.41) is 4.96. The third-order valence-electron chi connectivity index (χ3n) is 4.36. The van der Waals surface area contributed by atoms with Crippen molar-refractivity contribution in [1.82, 2.24) is 19.7 Å². The highest BCUT2D eigenvalue weighted by molar-refractivity contribution is 7.98. The summed E-state index contributed by atoms with van der Waals surface area (Å²) in [6.45, 7) is 4.20. The predicted molar refractivity (Wildman–Crippen MR) is 109 cm³/mol. The monoisotopic (exact) mass is 392 g/mol. The fourth-order valence-corrected chi connectivity index (χ4v) is 3.76. The second-order valence-corrected chi connectivity index (χ2v) is 7.34. The summed E-state index contributed by atoms with van der Waals surface area (Å²) < 4.78 is 12.7. The molecule has 0 spiro atoms. The fraction of sp³-hybridized carbons (Fsp3) is 0.190. The lowest BCUT2D eigenvalue weighted by atomic mass is 10.1. The van der Waals surface area contributed by atoms with E-state index in [9.17, 15) is 0 Å². The molecule has 0 aliphatic heterocycles. The van der Waals surface area contributed by atoms with Gasteiger partial charge in [-0.25, -0.2) is 4.98 Å². The summed E-state index contributed by atoms with van der Waals surface area (Å²) in [7, 11) is 1.64. The topological polar surface area (TPSA) is 66.0 Å². The van der Waals surface area contributed by atoms with Crippen LogP contribution < -0.4 is 4.74 Å². The largest absolute Gasteiger partial charge is 0.497 e. The van der Waals surface area contributed by atoms with E-state index in [4.69, 9.17) is 9.26 Å². The van der Waals surface area contributed by atoms with E-state index in [-0.39, 0.29) is 0 Å². The standard InChI is InChI=1S/C21H20N4O2S/c1-14-4-9-18(15(2)12-14)25-11-10-22-21(25)28-13-19-23-20(24-27-19)16-5-7-17(26-3)8-6-16/h4-12H,13H2,1-3H3. The van der Waals surface area contributed by atoms with Crippen LogP contribution in [0.5, 0.6) is 5.75 Å². The first-order chi connectivity index (χ1) is 13.6. The number of aryl methyl sites for hydroxylation is 2. The van der Waals surface area contributed by atoms with E-state index < -0.39 is 0 Å². The van der Waals surface area contributed by atoms with Gasteiger partial charge in [0.2, 0.25) is 11.7 Å². The van der Waals surface area contributed by atoms with E-state index in [1.54, 1.807) is 25.1 Å². The second kappa shape index (κ2) is 7.90. The van der Waals surface area contributed by atoms with Gasteiger partial charge in [-0.15, -0.1) is 0 Å². The Hall–Kier alpha value is -3.06. The normalized spacial score (nSPS) is 11.0. The Bertz CT molecular complexity index is 1090. The zero-order valence-electron chi connectivity index (χ0n) is 15.9. The fourth-order valence-electron chi connectivity index (χ4n) is 2.95. The van der Waals surface area contributed by atoms with E-state index in [0.717, 1.165) is 22.2 Å².